The Bertz CT molecular complexity index is 853. The Kier molecular flexibility index (Phi) is 7.28. The summed E-state index contributed by atoms with van der Waals surface area (Å²) in [4.78, 5) is 29.0. The van der Waals surface area contributed by atoms with Crippen LogP contribution in [-0.2, 0) is 16.0 Å². The van der Waals surface area contributed by atoms with Crippen molar-refractivity contribution in [2.24, 2.45) is 0 Å². The minimum absolute atomic E-state index is 0.0170. The number of hydrogen-bond acceptors (Lipinski definition) is 5. The normalized spacial score (nSPS) is 15.6. The fourth-order valence-corrected chi connectivity index (χ4v) is 4.06. The molecule has 1 amide bonds. The average molecular weight is 401 g/mol. The summed E-state index contributed by atoms with van der Waals surface area (Å²) < 4.78 is 6.90. The van der Waals surface area contributed by atoms with Gasteiger partial charge in [-0.2, -0.15) is 0 Å². The van der Waals surface area contributed by atoms with Gasteiger partial charge in [0.2, 0.25) is 12.3 Å². The Hall–Kier alpha value is -2.38. The maximum Gasteiger partial charge on any atom is 0.224 e. The lowest BCUT2D eigenvalue weighted by Crippen LogP contribution is -2.46. The standard InChI is InChI=1S/C22H32N4O3/c1-4-24-10-12-25(13-11-24)9-5-8-23-22(28)15-19-17(2)26(16-27)21-7-6-18(29-3)14-20(19)21/h6-7,14,16H,4-5,8-13,15H2,1-3H3,(H,23,28). The summed E-state index contributed by atoms with van der Waals surface area (Å²) in [5.74, 6) is 0.696. The van der Waals surface area contributed by atoms with Crippen LogP contribution in [0.15, 0.2) is 18.2 Å². The van der Waals surface area contributed by atoms with Gasteiger partial charge in [0.1, 0.15) is 5.75 Å². The van der Waals surface area contributed by atoms with Gasteiger partial charge in [0.25, 0.3) is 0 Å². The number of carbonyl (C=O) groups is 2. The van der Waals surface area contributed by atoms with Crippen LogP contribution in [0.3, 0.4) is 0 Å². The van der Waals surface area contributed by atoms with E-state index in [1.807, 2.05) is 25.1 Å². The first-order chi connectivity index (χ1) is 14.1. The van der Waals surface area contributed by atoms with Crippen LogP contribution in [0, 0.1) is 6.92 Å². The second-order valence-corrected chi connectivity index (χ2v) is 7.58. The fraction of sp³-hybridized carbons (Fsp3) is 0.545. The molecular weight excluding hydrogens is 368 g/mol. The van der Waals surface area contributed by atoms with Gasteiger partial charge < -0.3 is 19.9 Å². The first-order valence-electron chi connectivity index (χ1n) is 10.4. The Labute approximate surface area is 172 Å². The van der Waals surface area contributed by atoms with E-state index in [1.165, 1.54) is 0 Å². The molecule has 0 aliphatic carbocycles. The fourth-order valence-electron chi connectivity index (χ4n) is 4.06. The van der Waals surface area contributed by atoms with E-state index in [0.29, 0.717) is 12.3 Å². The van der Waals surface area contributed by atoms with Gasteiger partial charge in [0.15, 0.2) is 0 Å². The molecule has 0 radical (unpaired) electrons. The van der Waals surface area contributed by atoms with E-state index in [2.05, 4.69) is 22.0 Å². The van der Waals surface area contributed by atoms with E-state index in [1.54, 1.807) is 11.7 Å². The van der Waals surface area contributed by atoms with Crippen molar-refractivity contribution in [1.29, 1.82) is 0 Å². The van der Waals surface area contributed by atoms with E-state index in [4.69, 9.17) is 4.74 Å². The van der Waals surface area contributed by atoms with E-state index < -0.39 is 0 Å². The van der Waals surface area contributed by atoms with Crippen molar-refractivity contribution in [1.82, 2.24) is 19.7 Å². The Morgan fingerprint density at radius 1 is 1.21 bits per heavy atom. The first kappa shape index (κ1) is 21.3. The highest BCUT2D eigenvalue weighted by Crippen LogP contribution is 2.29. The van der Waals surface area contributed by atoms with Crippen molar-refractivity contribution in [2.75, 3.05) is 52.9 Å². The number of methoxy groups -OCH3 is 1. The third kappa shape index (κ3) is 4.97. The molecule has 0 saturated carbocycles. The molecule has 1 aliphatic rings. The highest BCUT2D eigenvalue weighted by Gasteiger charge is 2.18. The summed E-state index contributed by atoms with van der Waals surface area (Å²) in [5, 5.41) is 3.92. The average Bonchev–Trinajstić information content (AvgIpc) is 3.01. The van der Waals surface area contributed by atoms with Crippen LogP contribution in [0.4, 0.5) is 0 Å². The number of piperazine rings is 1. The zero-order valence-corrected chi connectivity index (χ0v) is 17.7. The molecule has 0 bridgehead atoms. The highest BCUT2D eigenvalue weighted by atomic mass is 16.5. The molecule has 1 saturated heterocycles. The number of aromatic nitrogens is 1. The lowest BCUT2D eigenvalue weighted by Gasteiger charge is -2.33. The van der Waals surface area contributed by atoms with Crippen LogP contribution >= 0.6 is 0 Å². The largest absolute Gasteiger partial charge is 0.497 e. The lowest BCUT2D eigenvalue weighted by molar-refractivity contribution is -0.120. The minimum atomic E-state index is -0.0170. The van der Waals surface area contributed by atoms with Crippen molar-refractivity contribution in [3.05, 3.63) is 29.5 Å². The number of rotatable bonds is 9. The molecule has 1 aromatic carbocycles. The van der Waals surface area contributed by atoms with E-state index >= 15 is 0 Å². The Morgan fingerprint density at radius 3 is 2.59 bits per heavy atom. The van der Waals surface area contributed by atoms with Gasteiger partial charge in [-0.15, -0.1) is 0 Å². The third-order valence-corrected chi connectivity index (χ3v) is 5.91. The van der Waals surface area contributed by atoms with Gasteiger partial charge in [-0.1, -0.05) is 6.92 Å². The maximum absolute atomic E-state index is 12.5. The number of benzene rings is 1. The quantitative estimate of drug-likeness (QED) is 0.513. The molecule has 1 aromatic heterocycles. The second kappa shape index (κ2) is 9.89. The molecule has 7 nitrogen and oxygen atoms in total. The molecular formula is C22H32N4O3. The summed E-state index contributed by atoms with van der Waals surface area (Å²) in [6, 6.07) is 5.57. The zero-order valence-electron chi connectivity index (χ0n) is 17.7. The number of amides is 1. The number of hydrogen-bond donors (Lipinski definition) is 1. The Balaban J connectivity index is 1.54. The number of carbonyl (C=O) groups excluding carboxylic acids is 2. The predicted molar refractivity (Wildman–Crippen MR) is 115 cm³/mol. The van der Waals surface area contributed by atoms with Crippen LogP contribution in [0.2, 0.25) is 0 Å². The molecule has 2 aromatic rings. The van der Waals surface area contributed by atoms with Gasteiger partial charge in [-0.3, -0.25) is 14.2 Å². The van der Waals surface area contributed by atoms with Crippen LogP contribution in [0.1, 0.15) is 24.6 Å². The molecule has 2 heterocycles. The molecule has 7 heteroatoms. The van der Waals surface area contributed by atoms with Gasteiger partial charge in [0, 0.05) is 43.8 Å². The van der Waals surface area contributed by atoms with Crippen molar-refractivity contribution in [3.63, 3.8) is 0 Å². The summed E-state index contributed by atoms with van der Waals surface area (Å²) >= 11 is 0. The summed E-state index contributed by atoms with van der Waals surface area (Å²) in [5.41, 5.74) is 2.47. The van der Waals surface area contributed by atoms with Crippen molar-refractivity contribution < 1.29 is 14.3 Å². The predicted octanol–water partition coefficient (Wildman–Crippen LogP) is 1.68. The summed E-state index contributed by atoms with van der Waals surface area (Å²) in [7, 11) is 1.61. The van der Waals surface area contributed by atoms with Crippen molar-refractivity contribution >= 4 is 23.2 Å². The molecule has 29 heavy (non-hydrogen) atoms. The summed E-state index contributed by atoms with van der Waals surface area (Å²) in [6.45, 7) is 11.4. The van der Waals surface area contributed by atoms with Crippen LogP contribution < -0.4 is 10.1 Å². The van der Waals surface area contributed by atoms with Gasteiger partial charge in [-0.05, 0) is 50.2 Å². The monoisotopic (exact) mass is 400 g/mol. The minimum Gasteiger partial charge on any atom is -0.497 e. The van der Waals surface area contributed by atoms with Crippen molar-refractivity contribution in [2.45, 2.75) is 26.7 Å². The molecule has 0 unspecified atom stereocenters. The van der Waals surface area contributed by atoms with Crippen LogP contribution in [0.25, 0.3) is 10.9 Å². The van der Waals surface area contributed by atoms with E-state index in [0.717, 1.165) is 74.3 Å². The molecule has 0 atom stereocenters. The molecule has 158 valence electrons. The number of nitrogens with one attached hydrogen (secondary N) is 1. The molecule has 1 fully saturated rings. The third-order valence-electron chi connectivity index (χ3n) is 5.91. The lowest BCUT2D eigenvalue weighted by atomic mass is 10.1. The molecule has 1 aliphatic heterocycles. The SMILES string of the molecule is CCN1CCN(CCCNC(=O)Cc2c(C)n(C=O)c3ccc(OC)cc23)CC1. The molecule has 3 rings (SSSR count). The number of nitrogens with zero attached hydrogens (tertiary/aromatic N) is 3. The second-order valence-electron chi connectivity index (χ2n) is 7.58. The Morgan fingerprint density at radius 2 is 1.93 bits per heavy atom. The maximum atomic E-state index is 12.5. The van der Waals surface area contributed by atoms with Crippen molar-refractivity contribution in [3.8, 4) is 5.75 Å². The van der Waals surface area contributed by atoms with Gasteiger partial charge >= 0.3 is 0 Å². The highest BCUT2D eigenvalue weighted by molar-refractivity contribution is 5.94. The van der Waals surface area contributed by atoms with E-state index in [-0.39, 0.29) is 12.3 Å². The molecule has 0 spiro atoms. The van der Waals surface area contributed by atoms with Crippen LogP contribution in [-0.4, -0.2) is 79.6 Å². The smallest absolute Gasteiger partial charge is 0.224 e. The van der Waals surface area contributed by atoms with Gasteiger partial charge in [0.05, 0.1) is 19.0 Å². The number of likely N-dealkylation sites (N-methyl/N-ethyl adjacent to an activating group) is 1. The van der Waals surface area contributed by atoms with E-state index in [9.17, 15) is 9.59 Å². The van der Waals surface area contributed by atoms with Crippen LogP contribution in [0.5, 0.6) is 5.75 Å². The van der Waals surface area contributed by atoms with Gasteiger partial charge in [-0.25, -0.2) is 0 Å². The topological polar surface area (TPSA) is 66.8 Å². The number of ether oxygens (including phenoxy) is 1. The zero-order chi connectivity index (χ0) is 20.8. The summed E-state index contributed by atoms with van der Waals surface area (Å²) in [6.07, 6.45) is 2.00. The first-order valence-corrected chi connectivity index (χ1v) is 10.4. The number of fused-ring (bicyclic) bond motifs is 1. The molecule has 1 N–H and O–H groups in total.